The van der Waals surface area contributed by atoms with Gasteiger partial charge in [0.1, 0.15) is 15.6 Å². The second-order valence-corrected chi connectivity index (χ2v) is 7.86. The first-order chi connectivity index (χ1) is 15.1. The van der Waals surface area contributed by atoms with Gasteiger partial charge in [-0.25, -0.2) is 4.98 Å². The van der Waals surface area contributed by atoms with Gasteiger partial charge in [0.15, 0.2) is 11.5 Å². The molecule has 0 spiro atoms. The first-order valence-electron chi connectivity index (χ1n) is 9.41. The molecule has 1 aromatic heterocycles. The lowest BCUT2D eigenvalue weighted by molar-refractivity contribution is -0.274. The minimum atomic E-state index is -4.75. The van der Waals surface area contributed by atoms with E-state index in [1.807, 2.05) is 6.07 Å². The SMILES string of the molecule is COc1ccc(-c2nc(C)c(C(=O)N(C)Cc3ccc(OC(F)(F)F)cc3)s2)cc1OC. The minimum absolute atomic E-state index is 0.216. The monoisotopic (exact) mass is 466 g/mol. The van der Waals surface area contributed by atoms with Gasteiger partial charge in [-0.05, 0) is 42.8 Å². The molecule has 10 heteroatoms. The highest BCUT2D eigenvalue weighted by Gasteiger charge is 2.31. The van der Waals surface area contributed by atoms with Crippen LogP contribution in [0.1, 0.15) is 20.9 Å². The molecule has 0 fully saturated rings. The number of halogens is 3. The zero-order chi connectivity index (χ0) is 23.5. The third kappa shape index (κ3) is 5.50. The van der Waals surface area contributed by atoms with Crippen LogP contribution in [0.4, 0.5) is 13.2 Å². The van der Waals surface area contributed by atoms with Crippen molar-refractivity contribution in [3.8, 4) is 27.8 Å². The number of benzene rings is 2. The second-order valence-electron chi connectivity index (χ2n) is 6.86. The number of aromatic nitrogens is 1. The van der Waals surface area contributed by atoms with E-state index in [1.165, 1.54) is 40.5 Å². The first kappa shape index (κ1) is 23.4. The van der Waals surface area contributed by atoms with Gasteiger partial charge >= 0.3 is 6.36 Å². The average molecular weight is 466 g/mol. The van der Waals surface area contributed by atoms with Crippen LogP contribution in [-0.4, -0.2) is 43.4 Å². The van der Waals surface area contributed by atoms with E-state index in [0.717, 1.165) is 5.56 Å². The molecule has 0 radical (unpaired) electrons. The normalized spacial score (nSPS) is 11.2. The van der Waals surface area contributed by atoms with Crippen molar-refractivity contribution in [2.75, 3.05) is 21.3 Å². The Balaban J connectivity index is 1.75. The van der Waals surface area contributed by atoms with Gasteiger partial charge < -0.3 is 19.1 Å². The molecular weight excluding hydrogens is 445 g/mol. The van der Waals surface area contributed by atoms with Crippen molar-refractivity contribution in [3.05, 3.63) is 58.6 Å². The molecule has 0 saturated carbocycles. The minimum Gasteiger partial charge on any atom is -0.493 e. The summed E-state index contributed by atoms with van der Waals surface area (Å²) >= 11 is 1.26. The lowest BCUT2D eigenvalue weighted by atomic mass is 10.2. The molecule has 1 heterocycles. The van der Waals surface area contributed by atoms with Crippen LogP contribution < -0.4 is 14.2 Å². The summed E-state index contributed by atoms with van der Waals surface area (Å²) in [4.78, 5) is 19.5. The molecule has 0 bridgehead atoms. The number of alkyl halides is 3. The number of carbonyl (C=O) groups excluding carboxylic acids is 1. The van der Waals surface area contributed by atoms with Crippen LogP contribution in [-0.2, 0) is 6.54 Å². The lowest BCUT2D eigenvalue weighted by Gasteiger charge is -2.17. The quantitative estimate of drug-likeness (QED) is 0.473. The zero-order valence-corrected chi connectivity index (χ0v) is 18.6. The van der Waals surface area contributed by atoms with Gasteiger partial charge in [-0.3, -0.25) is 4.79 Å². The Morgan fingerprint density at radius 3 is 2.31 bits per heavy atom. The van der Waals surface area contributed by atoms with Crippen molar-refractivity contribution in [1.29, 1.82) is 0 Å². The maximum atomic E-state index is 13.0. The summed E-state index contributed by atoms with van der Waals surface area (Å²) in [5, 5.41) is 0.661. The van der Waals surface area contributed by atoms with Crippen LogP contribution in [0.3, 0.4) is 0 Å². The summed E-state index contributed by atoms with van der Waals surface area (Å²) in [7, 11) is 4.71. The topological polar surface area (TPSA) is 60.9 Å². The number of ether oxygens (including phenoxy) is 3. The van der Waals surface area contributed by atoms with Gasteiger partial charge in [0.25, 0.3) is 5.91 Å². The van der Waals surface area contributed by atoms with Gasteiger partial charge in [0.2, 0.25) is 0 Å². The number of hydrogen-bond acceptors (Lipinski definition) is 6. The van der Waals surface area contributed by atoms with Gasteiger partial charge in [-0.1, -0.05) is 12.1 Å². The van der Waals surface area contributed by atoms with Crippen LogP contribution in [0.2, 0.25) is 0 Å². The van der Waals surface area contributed by atoms with Gasteiger partial charge in [0.05, 0.1) is 19.9 Å². The third-order valence-corrected chi connectivity index (χ3v) is 5.74. The molecule has 32 heavy (non-hydrogen) atoms. The summed E-state index contributed by atoms with van der Waals surface area (Å²) in [6.07, 6.45) is -4.75. The summed E-state index contributed by atoms with van der Waals surface area (Å²) in [5.74, 6) is 0.600. The smallest absolute Gasteiger partial charge is 0.493 e. The fraction of sp³-hybridized carbons (Fsp3) is 0.273. The number of aryl methyl sites for hydroxylation is 1. The van der Waals surface area contributed by atoms with Crippen molar-refractivity contribution >= 4 is 17.2 Å². The Morgan fingerprint density at radius 2 is 1.72 bits per heavy atom. The van der Waals surface area contributed by atoms with Crippen LogP contribution in [0.5, 0.6) is 17.2 Å². The largest absolute Gasteiger partial charge is 0.573 e. The summed E-state index contributed by atoms with van der Waals surface area (Å²) < 4.78 is 51.3. The number of hydrogen-bond donors (Lipinski definition) is 0. The van der Waals surface area contributed by atoms with Gasteiger partial charge in [-0.15, -0.1) is 24.5 Å². The molecule has 0 unspecified atom stereocenters. The fourth-order valence-corrected chi connectivity index (χ4v) is 4.06. The number of carbonyl (C=O) groups is 1. The molecule has 2 aromatic carbocycles. The van der Waals surface area contributed by atoms with Crippen molar-refractivity contribution in [3.63, 3.8) is 0 Å². The van der Waals surface area contributed by atoms with Gasteiger partial charge in [-0.2, -0.15) is 0 Å². The van der Waals surface area contributed by atoms with E-state index < -0.39 is 6.36 Å². The van der Waals surface area contributed by atoms with Crippen molar-refractivity contribution in [2.24, 2.45) is 0 Å². The molecule has 0 saturated heterocycles. The molecule has 0 aliphatic carbocycles. The predicted molar refractivity (Wildman–Crippen MR) is 114 cm³/mol. The highest BCUT2D eigenvalue weighted by Crippen LogP contribution is 2.35. The number of amides is 1. The van der Waals surface area contributed by atoms with Gasteiger partial charge in [0, 0.05) is 19.2 Å². The predicted octanol–water partition coefficient (Wildman–Crippen LogP) is 5.31. The van der Waals surface area contributed by atoms with E-state index >= 15 is 0 Å². The van der Waals surface area contributed by atoms with Crippen molar-refractivity contribution in [2.45, 2.75) is 19.8 Å². The maximum absolute atomic E-state index is 13.0. The second kappa shape index (κ2) is 9.47. The molecule has 3 rings (SSSR count). The van der Waals surface area contributed by atoms with Crippen LogP contribution in [0.15, 0.2) is 42.5 Å². The zero-order valence-electron chi connectivity index (χ0n) is 17.8. The molecular formula is C22H21F3N2O4S. The van der Waals surface area contributed by atoms with E-state index in [-0.39, 0.29) is 18.2 Å². The third-order valence-electron chi connectivity index (χ3n) is 4.54. The number of nitrogens with zero attached hydrogens (tertiary/aromatic N) is 2. The van der Waals surface area contributed by atoms with Crippen LogP contribution in [0, 0.1) is 6.92 Å². The molecule has 0 N–H and O–H groups in total. The molecule has 0 atom stereocenters. The van der Waals surface area contributed by atoms with Crippen molar-refractivity contribution < 1.29 is 32.2 Å². The Hall–Kier alpha value is -3.27. The molecule has 0 aliphatic heterocycles. The molecule has 1 amide bonds. The molecule has 6 nitrogen and oxygen atoms in total. The van der Waals surface area contributed by atoms with E-state index in [9.17, 15) is 18.0 Å². The van der Waals surface area contributed by atoms with E-state index in [4.69, 9.17) is 9.47 Å². The number of methoxy groups -OCH3 is 2. The number of rotatable bonds is 7. The Morgan fingerprint density at radius 1 is 1.06 bits per heavy atom. The van der Waals surface area contributed by atoms with E-state index in [2.05, 4.69) is 9.72 Å². The van der Waals surface area contributed by atoms with Crippen LogP contribution >= 0.6 is 11.3 Å². The Labute approximate surface area is 187 Å². The first-order valence-corrected chi connectivity index (χ1v) is 10.2. The Bertz CT molecular complexity index is 1100. The Kier molecular flexibility index (Phi) is 6.93. The highest BCUT2D eigenvalue weighted by atomic mass is 32.1. The summed E-state index contributed by atoms with van der Waals surface area (Å²) in [6, 6.07) is 10.8. The molecule has 170 valence electrons. The summed E-state index contributed by atoms with van der Waals surface area (Å²) in [6.45, 7) is 1.97. The lowest BCUT2D eigenvalue weighted by Crippen LogP contribution is -2.26. The van der Waals surface area contributed by atoms with E-state index in [0.29, 0.717) is 32.6 Å². The summed E-state index contributed by atoms with van der Waals surface area (Å²) in [5.41, 5.74) is 2.04. The fourth-order valence-electron chi connectivity index (χ4n) is 3.00. The standard InChI is InChI=1S/C22H21F3N2O4S/c1-13-19(32-20(26-13)15-7-10-17(29-3)18(11-15)30-4)21(28)27(2)12-14-5-8-16(9-6-14)31-22(23,24)25/h5-11H,12H2,1-4H3. The highest BCUT2D eigenvalue weighted by molar-refractivity contribution is 7.17. The molecule has 3 aromatic rings. The number of thiazole rings is 1. The molecule has 0 aliphatic rings. The maximum Gasteiger partial charge on any atom is 0.573 e. The van der Waals surface area contributed by atoms with Crippen LogP contribution in [0.25, 0.3) is 10.6 Å². The van der Waals surface area contributed by atoms with E-state index in [1.54, 1.807) is 40.3 Å². The average Bonchev–Trinajstić information content (AvgIpc) is 3.14. The van der Waals surface area contributed by atoms with Crippen molar-refractivity contribution in [1.82, 2.24) is 9.88 Å².